The van der Waals surface area contributed by atoms with E-state index in [1.165, 1.54) is 30.4 Å². The first-order valence-corrected chi connectivity index (χ1v) is 8.10. The number of rotatable bonds is 4. The number of imidazole rings is 1. The highest BCUT2D eigenvalue weighted by molar-refractivity contribution is 5.58. The lowest BCUT2D eigenvalue weighted by atomic mass is 10.0. The topological polar surface area (TPSA) is 40.7 Å². The summed E-state index contributed by atoms with van der Waals surface area (Å²) in [4.78, 5) is 8.05. The van der Waals surface area contributed by atoms with Crippen LogP contribution in [0.2, 0.25) is 0 Å². The second-order valence-corrected chi connectivity index (χ2v) is 6.48. The Labute approximate surface area is 127 Å². The largest absolute Gasteiger partial charge is 0.341 e. The van der Waals surface area contributed by atoms with Gasteiger partial charge in [-0.15, -0.1) is 0 Å². The van der Waals surface area contributed by atoms with Gasteiger partial charge in [0.2, 0.25) is 0 Å². The Morgan fingerprint density at radius 2 is 2.00 bits per heavy atom. The molecule has 0 bridgehead atoms. The van der Waals surface area contributed by atoms with Crippen LogP contribution in [0.15, 0.2) is 30.5 Å². The Balaban J connectivity index is 1.73. The quantitative estimate of drug-likeness (QED) is 0.887. The van der Waals surface area contributed by atoms with Crippen LogP contribution in [0.25, 0.3) is 11.3 Å². The number of benzene rings is 1. The van der Waals surface area contributed by atoms with Crippen LogP contribution < -0.4 is 5.32 Å². The molecule has 21 heavy (non-hydrogen) atoms. The van der Waals surface area contributed by atoms with Crippen LogP contribution in [0.3, 0.4) is 0 Å². The van der Waals surface area contributed by atoms with Gasteiger partial charge in [0.1, 0.15) is 5.82 Å². The fraction of sp³-hybridized carbons (Fsp3) is 0.500. The molecule has 112 valence electrons. The molecule has 3 heteroatoms. The minimum atomic E-state index is 0.396. The van der Waals surface area contributed by atoms with Crippen LogP contribution in [0.5, 0.6) is 0 Å². The summed E-state index contributed by atoms with van der Waals surface area (Å²) >= 11 is 0. The van der Waals surface area contributed by atoms with Crippen molar-refractivity contribution in [3.63, 3.8) is 0 Å². The molecule has 1 aromatic heterocycles. The lowest BCUT2D eigenvalue weighted by Crippen LogP contribution is -2.27. The highest BCUT2D eigenvalue weighted by Gasteiger charge is 2.17. The molecule has 3 nitrogen and oxygen atoms in total. The van der Waals surface area contributed by atoms with E-state index in [0.29, 0.717) is 12.0 Å². The fourth-order valence-corrected chi connectivity index (χ4v) is 3.04. The van der Waals surface area contributed by atoms with Crippen LogP contribution >= 0.6 is 0 Å². The summed E-state index contributed by atoms with van der Waals surface area (Å²) in [5, 5.41) is 3.54. The molecule has 1 atom stereocenters. The van der Waals surface area contributed by atoms with E-state index in [0.717, 1.165) is 24.5 Å². The van der Waals surface area contributed by atoms with Crippen LogP contribution in [0.1, 0.15) is 50.5 Å². The first-order valence-electron chi connectivity index (χ1n) is 8.10. The maximum absolute atomic E-state index is 4.57. The minimum Gasteiger partial charge on any atom is -0.341 e. The van der Waals surface area contributed by atoms with Gasteiger partial charge in [-0.2, -0.15) is 0 Å². The summed E-state index contributed by atoms with van der Waals surface area (Å²) in [6.45, 7) is 5.61. The van der Waals surface area contributed by atoms with Crippen molar-refractivity contribution in [2.24, 2.45) is 5.92 Å². The maximum Gasteiger partial charge on any atom is 0.123 e. The van der Waals surface area contributed by atoms with E-state index in [9.17, 15) is 0 Å². The third kappa shape index (κ3) is 3.53. The Hall–Kier alpha value is -1.61. The van der Waals surface area contributed by atoms with Crippen molar-refractivity contribution < 1.29 is 0 Å². The average Bonchev–Trinajstić information content (AvgIpc) is 2.98. The molecule has 0 amide bonds. The summed E-state index contributed by atoms with van der Waals surface area (Å²) in [5.41, 5.74) is 3.74. The summed E-state index contributed by atoms with van der Waals surface area (Å²) in [6, 6.07) is 9.25. The van der Waals surface area contributed by atoms with Gasteiger partial charge in [-0.25, -0.2) is 4.98 Å². The van der Waals surface area contributed by atoms with Gasteiger partial charge in [0.15, 0.2) is 0 Å². The van der Waals surface area contributed by atoms with Crippen molar-refractivity contribution in [2.45, 2.75) is 45.6 Å². The van der Waals surface area contributed by atoms with Crippen molar-refractivity contribution in [1.29, 1.82) is 0 Å². The number of nitrogens with zero attached hydrogens (tertiary/aromatic N) is 1. The van der Waals surface area contributed by atoms with E-state index in [4.69, 9.17) is 0 Å². The fourth-order valence-electron chi connectivity index (χ4n) is 3.04. The summed E-state index contributed by atoms with van der Waals surface area (Å²) < 4.78 is 0. The molecule has 1 unspecified atom stereocenters. The Kier molecular flexibility index (Phi) is 4.39. The lowest BCUT2D eigenvalue weighted by molar-refractivity contribution is 0.399. The zero-order chi connectivity index (χ0) is 14.7. The average molecular weight is 283 g/mol. The monoisotopic (exact) mass is 283 g/mol. The van der Waals surface area contributed by atoms with Crippen LogP contribution in [-0.2, 0) is 6.42 Å². The summed E-state index contributed by atoms with van der Waals surface area (Å²) in [5.74, 6) is 1.78. The molecule has 2 aromatic rings. The predicted octanol–water partition coefficient (Wildman–Crippen LogP) is 4.09. The second kappa shape index (κ2) is 6.44. The number of hydrogen-bond donors (Lipinski definition) is 2. The standard InChI is InChI=1S/C18H25N3/c1-13(2)11-14-6-8-15(9-7-14)17-12-20-18(21-17)16-5-3-4-10-19-16/h6-9,12-13,16,19H,3-5,10-11H2,1-2H3,(H,20,21). The van der Waals surface area contributed by atoms with Gasteiger partial charge in [-0.1, -0.05) is 44.5 Å². The van der Waals surface area contributed by atoms with Gasteiger partial charge in [0.25, 0.3) is 0 Å². The lowest BCUT2D eigenvalue weighted by Gasteiger charge is -2.21. The van der Waals surface area contributed by atoms with Gasteiger partial charge in [0.05, 0.1) is 17.9 Å². The Morgan fingerprint density at radius 3 is 2.67 bits per heavy atom. The molecule has 0 radical (unpaired) electrons. The smallest absolute Gasteiger partial charge is 0.123 e. The van der Waals surface area contributed by atoms with Crippen LogP contribution in [-0.4, -0.2) is 16.5 Å². The number of nitrogens with one attached hydrogen (secondary N) is 2. The van der Waals surface area contributed by atoms with Crippen molar-refractivity contribution in [3.8, 4) is 11.3 Å². The SMILES string of the molecule is CC(C)Cc1ccc(-c2cnc(C3CCCCN3)[nH]2)cc1. The normalized spacial score (nSPS) is 19.1. The van der Waals surface area contributed by atoms with Crippen LogP contribution in [0, 0.1) is 5.92 Å². The van der Waals surface area contributed by atoms with E-state index in [-0.39, 0.29) is 0 Å². The summed E-state index contributed by atoms with van der Waals surface area (Å²) in [7, 11) is 0. The first kappa shape index (κ1) is 14.3. The van der Waals surface area contributed by atoms with Crippen LogP contribution in [0.4, 0.5) is 0 Å². The zero-order valence-corrected chi connectivity index (χ0v) is 13.0. The van der Waals surface area contributed by atoms with Gasteiger partial charge in [0, 0.05) is 0 Å². The van der Waals surface area contributed by atoms with Crippen molar-refractivity contribution >= 4 is 0 Å². The predicted molar refractivity (Wildman–Crippen MR) is 87.2 cm³/mol. The molecule has 1 aliphatic rings. The van der Waals surface area contributed by atoms with E-state index in [1.54, 1.807) is 0 Å². The second-order valence-electron chi connectivity index (χ2n) is 6.48. The maximum atomic E-state index is 4.57. The third-order valence-electron chi connectivity index (χ3n) is 4.14. The van der Waals surface area contributed by atoms with E-state index in [1.807, 2.05) is 6.20 Å². The summed E-state index contributed by atoms with van der Waals surface area (Å²) in [6.07, 6.45) is 6.85. The van der Waals surface area contributed by atoms with Crippen molar-refractivity contribution in [2.75, 3.05) is 6.54 Å². The molecular weight excluding hydrogens is 258 g/mol. The van der Waals surface area contributed by atoms with Gasteiger partial charge >= 0.3 is 0 Å². The number of H-pyrrole nitrogens is 1. The number of aromatic nitrogens is 2. The highest BCUT2D eigenvalue weighted by atomic mass is 15.0. The van der Waals surface area contributed by atoms with Gasteiger partial charge < -0.3 is 10.3 Å². The zero-order valence-electron chi connectivity index (χ0n) is 13.0. The van der Waals surface area contributed by atoms with Gasteiger partial charge in [-0.05, 0) is 42.9 Å². The molecule has 0 aliphatic carbocycles. The molecule has 1 saturated heterocycles. The molecular formula is C18H25N3. The third-order valence-corrected chi connectivity index (χ3v) is 4.14. The number of piperidine rings is 1. The molecule has 2 heterocycles. The first-order chi connectivity index (χ1) is 10.2. The number of hydrogen-bond acceptors (Lipinski definition) is 2. The van der Waals surface area contributed by atoms with E-state index < -0.39 is 0 Å². The van der Waals surface area contributed by atoms with Gasteiger partial charge in [-0.3, -0.25) is 0 Å². The number of aromatic amines is 1. The Morgan fingerprint density at radius 1 is 1.19 bits per heavy atom. The molecule has 1 fully saturated rings. The molecule has 1 aliphatic heterocycles. The Bertz CT molecular complexity index is 562. The van der Waals surface area contributed by atoms with Crippen molar-refractivity contribution in [1.82, 2.24) is 15.3 Å². The minimum absolute atomic E-state index is 0.396. The molecule has 3 rings (SSSR count). The van der Waals surface area contributed by atoms with Crippen molar-refractivity contribution in [3.05, 3.63) is 41.9 Å². The molecule has 0 spiro atoms. The van der Waals surface area contributed by atoms with E-state index >= 15 is 0 Å². The highest BCUT2D eigenvalue weighted by Crippen LogP contribution is 2.24. The molecule has 0 saturated carbocycles. The molecule has 2 N–H and O–H groups in total. The van der Waals surface area contributed by atoms with E-state index in [2.05, 4.69) is 53.4 Å². The molecule has 1 aromatic carbocycles.